The van der Waals surface area contributed by atoms with Crippen LogP contribution in [0.5, 0.6) is 5.75 Å². The van der Waals surface area contributed by atoms with Crippen LogP contribution in [-0.2, 0) is 11.2 Å². The van der Waals surface area contributed by atoms with Gasteiger partial charge in [0.25, 0.3) is 0 Å². The van der Waals surface area contributed by atoms with Gasteiger partial charge >= 0.3 is 6.03 Å². The SMILES string of the molecule is COCC(C)n1ccc(NC(=O)Nc2cccc3c2OC(C)(C)C3)n1. The molecule has 134 valence electrons. The van der Waals surface area contributed by atoms with Crippen molar-refractivity contribution in [1.29, 1.82) is 0 Å². The maximum Gasteiger partial charge on any atom is 0.325 e. The van der Waals surface area contributed by atoms with Crippen molar-refractivity contribution in [3.63, 3.8) is 0 Å². The Morgan fingerprint density at radius 1 is 1.40 bits per heavy atom. The molecule has 1 unspecified atom stereocenters. The summed E-state index contributed by atoms with van der Waals surface area (Å²) in [6.07, 6.45) is 2.63. The fraction of sp³-hybridized carbons (Fsp3) is 0.444. The van der Waals surface area contributed by atoms with E-state index in [0.717, 1.165) is 17.7 Å². The van der Waals surface area contributed by atoms with E-state index in [1.165, 1.54) is 0 Å². The molecule has 0 bridgehead atoms. The summed E-state index contributed by atoms with van der Waals surface area (Å²) in [5, 5.41) is 9.92. The van der Waals surface area contributed by atoms with Crippen LogP contribution < -0.4 is 15.4 Å². The summed E-state index contributed by atoms with van der Waals surface area (Å²) in [5.74, 6) is 1.22. The number of aromatic nitrogens is 2. The minimum atomic E-state index is -0.355. The van der Waals surface area contributed by atoms with E-state index in [9.17, 15) is 4.79 Å². The molecule has 0 saturated heterocycles. The number of carbonyl (C=O) groups is 1. The lowest BCUT2D eigenvalue weighted by molar-refractivity contribution is 0.139. The van der Waals surface area contributed by atoms with E-state index in [-0.39, 0.29) is 17.7 Å². The number of fused-ring (bicyclic) bond motifs is 1. The average Bonchev–Trinajstić information content (AvgIpc) is 3.11. The molecule has 1 aromatic heterocycles. The van der Waals surface area contributed by atoms with E-state index in [1.54, 1.807) is 17.9 Å². The lowest BCUT2D eigenvalue weighted by Gasteiger charge is -2.18. The number of benzene rings is 1. The summed E-state index contributed by atoms with van der Waals surface area (Å²) in [4.78, 5) is 12.3. The van der Waals surface area contributed by atoms with Crippen LogP contribution in [0.1, 0.15) is 32.4 Å². The minimum Gasteiger partial charge on any atom is -0.485 e. The molecule has 0 radical (unpaired) electrons. The Morgan fingerprint density at radius 2 is 2.20 bits per heavy atom. The summed E-state index contributed by atoms with van der Waals surface area (Å²) >= 11 is 0. The van der Waals surface area contributed by atoms with Crippen molar-refractivity contribution in [2.24, 2.45) is 0 Å². The summed E-state index contributed by atoms with van der Waals surface area (Å²) in [6, 6.07) is 7.26. The zero-order valence-corrected chi connectivity index (χ0v) is 15.0. The first-order valence-corrected chi connectivity index (χ1v) is 8.31. The van der Waals surface area contributed by atoms with Gasteiger partial charge in [-0.1, -0.05) is 12.1 Å². The predicted molar refractivity (Wildman–Crippen MR) is 96.3 cm³/mol. The molecule has 2 heterocycles. The quantitative estimate of drug-likeness (QED) is 0.871. The van der Waals surface area contributed by atoms with Gasteiger partial charge in [-0.15, -0.1) is 0 Å². The van der Waals surface area contributed by atoms with Crippen molar-refractivity contribution in [3.8, 4) is 5.75 Å². The number of methoxy groups -OCH3 is 1. The molecule has 2 amide bonds. The molecular weight excluding hydrogens is 320 g/mol. The van der Waals surface area contributed by atoms with Crippen molar-refractivity contribution < 1.29 is 14.3 Å². The number of nitrogens with one attached hydrogen (secondary N) is 2. The molecule has 0 fully saturated rings. The molecule has 1 aliphatic rings. The first-order chi connectivity index (χ1) is 11.9. The highest BCUT2D eigenvalue weighted by Gasteiger charge is 2.32. The summed E-state index contributed by atoms with van der Waals surface area (Å²) in [6.45, 7) is 6.61. The van der Waals surface area contributed by atoms with Crippen molar-refractivity contribution in [3.05, 3.63) is 36.0 Å². The highest BCUT2D eigenvalue weighted by atomic mass is 16.5. The van der Waals surface area contributed by atoms with Crippen LogP contribution in [0.2, 0.25) is 0 Å². The number of hydrogen-bond acceptors (Lipinski definition) is 4. The highest BCUT2D eigenvalue weighted by molar-refractivity contribution is 6.00. The zero-order chi connectivity index (χ0) is 18.0. The third-order valence-corrected chi connectivity index (χ3v) is 4.05. The second-order valence-electron chi connectivity index (χ2n) is 6.90. The van der Waals surface area contributed by atoms with Gasteiger partial charge in [0, 0.05) is 31.4 Å². The number of anilines is 2. The van der Waals surface area contributed by atoms with E-state index in [4.69, 9.17) is 9.47 Å². The molecule has 7 heteroatoms. The largest absolute Gasteiger partial charge is 0.485 e. The van der Waals surface area contributed by atoms with Gasteiger partial charge in [0.15, 0.2) is 5.82 Å². The zero-order valence-electron chi connectivity index (χ0n) is 15.0. The summed E-state index contributed by atoms with van der Waals surface area (Å²) in [7, 11) is 1.65. The van der Waals surface area contributed by atoms with Gasteiger partial charge in [0.1, 0.15) is 11.4 Å². The molecule has 1 aliphatic heterocycles. The third-order valence-electron chi connectivity index (χ3n) is 4.05. The first-order valence-electron chi connectivity index (χ1n) is 8.31. The number of amides is 2. The van der Waals surface area contributed by atoms with Crippen LogP contribution in [-0.4, -0.2) is 35.1 Å². The van der Waals surface area contributed by atoms with Crippen molar-refractivity contribution >= 4 is 17.5 Å². The van der Waals surface area contributed by atoms with Crippen LogP contribution in [0.15, 0.2) is 30.5 Å². The topological polar surface area (TPSA) is 77.4 Å². The van der Waals surface area contributed by atoms with E-state index >= 15 is 0 Å². The van der Waals surface area contributed by atoms with Crippen LogP contribution in [0.4, 0.5) is 16.3 Å². The van der Waals surface area contributed by atoms with Crippen LogP contribution >= 0.6 is 0 Å². The molecule has 1 atom stereocenters. The maximum atomic E-state index is 12.3. The Bertz CT molecular complexity index is 769. The highest BCUT2D eigenvalue weighted by Crippen LogP contribution is 2.40. The average molecular weight is 344 g/mol. The predicted octanol–water partition coefficient (Wildman–Crippen LogP) is 3.45. The molecule has 0 saturated carbocycles. The van der Waals surface area contributed by atoms with E-state index in [1.807, 2.05) is 45.2 Å². The van der Waals surface area contributed by atoms with E-state index in [2.05, 4.69) is 15.7 Å². The van der Waals surface area contributed by atoms with Crippen molar-refractivity contribution in [1.82, 2.24) is 9.78 Å². The number of carbonyl (C=O) groups excluding carboxylic acids is 1. The molecule has 2 N–H and O–H groups in total. The van der Waals surface area contributed by atoms with E-state index in [0.29, 0.717) is 18.1 Å². The number of rotatable bonds is 5. The number of urea groups is 1. The summed E-state index contributed by atoms with van der Waals surface area (Å²) in [5.41, 5.74) is 1.50. The van der Waals surface area contributed by atoms with Gasteiger partial charge in [0.05, 0.1) is 18.3 Å². The maximum absolute atomic E-state index is 12.3. The second-order valence-corrected chi connectivity index (χ2v) is 6.90. The fourth-order valence-corrected chi connectivity index (χ4v) is 2.95. The van der Waals surface area contributed by atoms with Gasteiger partial charge in [-0.25, -0.2) is 4.79 Å². The van der Waals surface area contributed by atoms with E-state index < -0.39 is 0 Å². The molecule has 25 heavy (non-hydrogen) atoms. The fourth-order valence-electron chi connectivity index (χ4n) is 2.95. The van der Waals surface area contributed by atoms with Crippen LogP contribution in [0, 0.1) is 0 Å². The molecule has 1 aromatic carbocycles. The number of para-hydroxylation sites is 1. The molecule has 7 nitrogen and oxygen atoms in total. The van der Waals surface area contributed by atoms with Gasteiger partial charge in [-0.3, -0.25) is 10.00 Å². The smallest absolute Gasteiger partial charge is 0.325 e. The van der Waals surface area contributed by atoms with Crippen LogP contribution in [0.25, 0.3) is 0 Å². The lowest BCUT2D eigenvalue weighted by atomic mass is 10.0. The standard InChI is InChI=1S/C18H24N4O3/c1-12(11-24-4)22-9-8-15(21-22)20-17(23)19-14-7-5-6-13-10-18(2,3)25-16(13)14/h5-9,12H,10-11H2,1-4H3,(H2,19,20,21,23). The third kappa shape index (κ3) is 3.93. The molecule has 2 aromatic rings. The lowest BCUT2D eigenvalue weighted by Crippen LogP contribution is -2.25. The minimum absolute atomic E-state index is 0.0941. The molecule has 0 spiro atoms. The Hall–Kier alpha value is -2.54. The van der Waals surface area contributed by atoms with Crippen LogP contribution in [0.3, 0.4) is 0 Å². The molecular formula is C18H24N4O3. The first kappa shape index (κ1) is 17.3. The summed E-state index contributed by atoms with van der Waals surface area (Å²) < 4.78 is 12.8. The molecule has 3 rings (SSSR count). The van der Waals surface area contributed by atoms with Gasteiger partial charge < -0.3 is 14.8 Å². The Balaban J connectivity index is 1.66. The van der Waals surface area contributed by atoms with Gasteiger partial charge in [-0.2, -0.15) is 5.10 Å². The van der Waals surface area contributed by atoms with Crippen molar-refractivity contribution in [2.75, 3.05) is 24.4 Å². The Morgan fingerprint density at radius 3 is 2.96 bits per heavy atom. The Labute approximate surface area is 147 Å². The Kier molecular flexibility index (Phi) is 4.67. The molecule has 0 aliphatic carbocycles. The second kappa shape index (κ2) is 6.76. The number of ether oxygens (including phenoxy) is 2. The normalized spacial score (nSPS) is 16.0. The van der Waals surface area contributed by atoms with Gasteiger partial charge in [-0.05, 0) is 26.8 Å². The monoisotopic (exact) mass is 344 g/mol. The van der Waals surface area contributed by atoms with Gasteiger partial charge in [0.2, 0.25) is 0 Å². The van der Waals surface area contributed by atoms with Crippen molar-refractivity contribution in [2.45, 2.75) is 38.8 Å². The number of nitrogens with zero attached hydrogens (tertiary/aromatic N) is 2. The number of hydrogen-bond donors (Lipinski definition) is 2.